The van der Waals surface area contributed by atoms with E-state index in [1.807, 2.05) is 10.7 Å². The molecule has 1 fully saturated rings. The number of carboxylic acid groups (broad SMARTS) is 1. The quantitative estimate of drug-likeness (QED) is 0.507. The molecule has 1 aromatic rings. The number of aliphatic imine (C=N–C) groups is 1. The fourth-order valence-electron chi connectivity index (χ4n) is 2.80. The number of hydrogen-bond donors (Lipinski definition) is 2. The van der Waals surface area contributed by atoms with Gasteiger partial charge in [0.05, 0.1) is 17.1 Å². The van der Waals surface area contributed by atoms with Crippen LogP contribution in [0.15, 0.2) is 11.1 Å². The van der Waals surface area contributed by atoms with Gasteiger partial charge in [0, 0.05) is 12.0 Å². The predicted octanol–water partition coefficient (Wildman–Crippen LogP) is 2.98. The van der Waals surface area contributed by atoms with Crippen LogP contribution in [0.3, 0.4) is 0 Å². The highest BCUT2D eigenvalue weighted by atomic mass is 16.7. The number of aromatic nitrogens is 2. The van der Waals surface area contributed by atoms with Crippen molar-refractivity contribution in [2.75, 3.05) is 0 Å². The Labute approximate surface area is 130 Å². The summed E-state index contributed by atoms with van der Waals surface area (Å²) in [5, 5.41) is 13.4. The van der Waals surface area contributed by atoms with Crippen LogP contribution in [0.25, 0.3) is 0 Å². The van der Waals surface area contributed by atoms with Crippen molar-refractivity contribution in [3.05, 3.63) is 11.8 Å². The van der Waals surface area contributed by atoms with E-state index >= 15 is 0 Å². The van der Waals surface area contributed by atoms with E-state index in [4.69, 9.17) is 15.6 Å². The van der Waals surface area contributed by atoms with Crippen LogP contribution in [0.4, 0.5) is 10.6 Å². The lowest BCUT2D eigenvalue weighted by Crippen LogP contribution is -2.23. The summed E-state index contributed by atoms with van der Waals surface area (Å²) in [5.74, 6) is 1.40. The number of hydrogen-bond acceptors (Lipinski definition) is 4. The summed E-state index contributed by atoms with van der Waals surface area (Å²) in [6, 6.07) is 1.94. The molecule has 0 spiro atoms. The highest BCUT2D eigenvalue weighted by Crippen LogP contribution is 2.37. The first-order valence-electron chi connectivity index (χ1n) is 7.47. The molecule has 1 heterocycles. The van der Waals surface area contributed by atoms with Crippen molar-refractivity contribution in [3.8, 4) is 0 Å². The molecule has 22 heavy (non-hydrogen) atoms. The van der Waals surface area contributed by atoms with Gasteiger partial charge in [0.25, 0.3) is 0 Å². The van der Waals surface area contributed by atoms with Crippen LogP contribution < -0.4 is 5.73 Å². The van der Waals surface area contributed by atoms with Gasteiger partial charge in [0.2, 0.25) is 0 Å². The van der Waals surface area contributed by atoms with Crippen LogP contribution in [-0.4, -0.2) is 33.0 Å². The molecule has 1 aliphatic carbocycles. The summed E-state index contributed by atoms with van der Waals surface area (Å²) >= 11 is 0. The number of amidine groups is 1. The van der Waals surface area contributed by atoms with E-state index in [-0.39, 0.29) is 17.6 Å². The summed E-state index contributed by atoms with van der Waals surface area (Å²) in [6.45, 7) is 7.91. The SMILES string of the molecule is C/C(N)=N\c1cc([C@H]2CC[C@@H](OC(=O)O)C2)nn1C(C)(C)C. The monoisotopic (exact) mass is 308 g/mol. The standard InChI is InChI=1S/C15H24N4O3/c1-9(16)17-13-8-12(18-19(13)15(2,3)4)10-5-6-11(7-10)22-14(20)21/h8,10-11H,5-7H2,1-4H3,(H2,16,17)(H,20,21)/t10-,11+/m0/s1. The van der Waals surface area contributed by atoms with Crippen LogP contribution >= 0.6 is 0 Å². The van der Waals surface area contributed by atoms with E-state index in [9.17, 15) is 4.79 Å². The zero-order valence-electron chi connectivity index (χ0n) is 13.5. The molecule has 0 radical (unpaired) electrons. The van der Waals surface area contributed by atoms with Crippen LogP contribution in [-0.2, 0) is 10.3 Å². The summed E-state index contributed by atoms with van der Waals surface area (Å²) < 4.78 is 6.73. The number of rotatable bonds is 3. The third-order valence-corrected chi connectivity index (χ3v) is 3.71. The van der Waals surface area contributed by atoms with Gasteiger partial charge >= 0.3 is 6.16 Å². The maximum absolute atomic E-state index is 10.6. The third-order valence-electron chi connectivity index (χ3n) is 3.71. The molecule has 1 aromatic heterocycles. The molecular formula is C15H24N4O3. The first kappa shape index (κ1) is 16.3. The van der Waals surface area contributed by atoms with Crippen molar-refractivity contribution in [3.63, 3.8) is 0 Å². The Hall–Kier alpha value is -2.05. The lowest BCUT2D eigenvalue weighted by Gasteiger charge is -2.21. The number of ether oxygens (including phenoxy) is 1. The van der Waals surface area contributed by atoms with Crippen molar-refractivity contribution < 1.29 is 14.6 Å². The predicted molar refractivity (Wildman–Crippen MR) is 83.7 cm³/mol. The Morgan fingerprint density at radius 3 is 2.73 bits per heavy atom. The van der Waals surface area contributed by atoms with Crippen molar-refractivity contribution in [2.45, 2.75) is 64.5 Å². The second-order valence-corrected chi connectivity index (χ2v) is 6.78. The Morgan fingerprint density at radius 1 is 1.50 bits per heavy atom. The second-order valence-electron chi connectivity index (χ2n) is 6.78. The molecule has 1 saturated carbocycles. The molecule has 0 aliphatic heterocycles. The molecule has 0 bridgehead atoms. The molecule has 2 atom stereocenters. The fraction of sp³-hybridized carbons (Fsp3) is 0.667. The van der Waals surface area contributed by atoms with E-state index in [1.165, 1.54) is 0 Å². The molecule has 2 rings (SSSR count). The maximum atomic E-state index is 10.6. The normalized spacial score (nSPS) is 22.8. The average Bonchev–Trinajstić information content (AvgIpc) is 2.93. The summed E-state index contributed by atoms with van der Waals surface area (Å²) in [7, 11) is 0. The van der Waals surface area contributed by atoms with E-state index in [0.717, 1.165) is 24.4 Å². The molecule has 122 valence electrons. The van der Waals surface area contributed by atoms with E-state index in [1.54, 1.807) is 6.92 Å². The summed E-state index contributed by atoms with van der Waals surface area (Å²) in [5.41, 5.74) is 6.42. The minimum atomic E-state index is -1.21. The lowest BCUT2D eigenvalue weighted by atomic mass is 10.0. The second kappa shape index (κ2) is 5.98. The zero-order valence-corrected chi connectivity index (χ0v) is 13.5. The van der Waals surface area contributed by atoms with Crippen LogP contribution in [0.1, 0.15) is 58.6 Å². The van der Waals surface area contributed by atoms with Gasteiger partial charge in [-0.05, 0) is 47.0 Å². The minimum absolute atomic E-state index is 0.194. The fourth-order valence-corrected chi connectivity index (χ4v) is 2.80. The number of nitrogens with two attached hydrogens (primary N) is 1. The minimum Gasteiger partial charge on any atom is -0.450 e. The average molecular weight is 308 g/mol. The van der Waals surface area contributed by atoms with Gasteiger partial charge in [0.15, 0.2) is 5.82 Å². The topological polar surface area (TPSA) is 103 Å². The first-order valence-corrected chi connectivity index (χ1v) is 7.47. The highest BCUT2D eigenvalue weighted by Gasteiger charge is 2.31. The highest BCUT2D eigenvalue weighted by molar-refractivity contribution is 5.80. The van der Waals surface area contributed by atoms with Gasteiger partial charge in [-0.2, -0.15) is 5.10 Å². The Kier molecular flexibility index (Phi) is 4.44. The van der Waals surface area contributed by atoms with Crippen LogP contribution in [0, 0.1) is 0 Å². The number of nitrogens with zero attached hydrogens (tertiary/aromatic N) is 3. The maximum Gasteiger partial charge on any atom is 0.506 e. The summed E-state index contributed by atoms with van der Waals surface area (Å²) in [6.07, 6.45) is 0.802. The molecule has 3 N–H and O–H groups in total. The van der Waals surface area contributed by atoms with Gasteiger partial charge < -0.3 is 15.6 Å². The van der Waals surface area contributed by atoms with Gasteiger partial charge in [-0.1, -0.05) is 0 Å². The molecule has 7 heteroatoms. The molecule has 0 amide bonds. The smallest absolute Gasteiger partial charge is 0.450 e. The summed E-state index contributed by atoms with van der Waals surface area (Å²) in [4.78, 5) is 15.0. The van der Waals surface area contributed by atoms with Gasteiger partial charge in [-0.3, -0.25) is 0 Å². The lowest BCUT2D eigenvalue weighted by molar-refractivity contribution is 0.0540. The Bertz CT molecular complexity index is 582. The first-order chi connectivity index (χ1) is 10.2. The third kappa shape index (κ3) is 3.78. The Morgan fingerprint density at radius 2 is 2.18 bits per heavy atom. The van der Waals surface area contributed by atoms with Crippen molar-refractivity contribution in [1.82, 2.24) is 9.78 Å². The number of carbonyl (C=O) groups is 1. The molecule has 0 unspecified atom stereocenters. The van der Waals surface area contributed by atoms with Crippen LogP contribution in [0.2, 0.25) is 0 Å². The zero-order chi connectivity index (χ0) is 16.5. The van der Waals surface area contributed by atoms with E-state index < -0.39 is 6.16 Å². The van der Waals surface area contributed by atoms with Crippen molar-refractivity contribution in [2.24, 2.45) is 10.7 Å². The van der Waals surface area contributed by atoms with E-state index in [0.29, 0.717) is 12.3 Å². The van der Waals surface area contributed by atoms with E-state index in [2.05, 4.69) is 30.9 Å². The van der Waals surface area contributed by atoms with Crippen molar-refractivity contribution >= 4 is 17.8 Å². The van der Waals surface area contributed by atoms with Gasteiger partial charge in [0.1, 0.15) is 6.10 Å². The largest absolute Gasteiger partial charge is 0.506 e. The molecule has 0 saturated heterocycles. The van der Waals surface area contributed by atoms with Gasteiger partial charge in [-0.25, -0.2) is 14.5 Å². The van der Waals surface area contributed by atoms with Gasteiger partial charge in [-0.15, -0.1) is 0 Å². The molecule has 7 nitrogen and oxygen atoms in total. The molecule has 1 aliphatic rings. The molecule has 0 aromatic carbocycles. The van der Waals surface area contributed by atoms with Crippen molar-refractivity contribution in [1.29, 1.82) is 0 Å². The molecular weight excluding hydrogens is 284 g/mol. The Balaban J connectivity index is 2.24. The van der Waals surface area contributed by atoms with Crippen LogP contribution in [0.5, 0.6) is 0 Å².